The van der Waals surface area contributed by atoms with E-state index in [0.29, 0.717) is 16.1 Å². The van der Waals surface area contributed by atoms with Crippen LogP contribution in [0.1, 0.15) is 30.0 Å². The van der Waals surface area contributed by atoms with E-state index in [1.165, 1.54) is 7.11 Å². The summed E-state index contributed by atoms with van der Waals surface area (Å²) >= 11 is 5.98. The Morgan fingerprint density at radius 3 is 2.27 bits per heavy atom. The zero-order valence-electron chi connectivity index (χ0n) is 16.4. The van der Waals surface area contributed by atoms with Crippen LogP contribution in [0.5, 0.6) is 0 Å². The van der Waals surface area contributed by atoms with E-state index in [0.717, 1.165) is 4.90 Å². The van der Waals surface area contributed by atoms with Crippen molar-refractivity contribution in [1.29, 1.82) is 0 Å². The number of rotatable bonds is 5. The molecule has 0 aliphatic carbocycles. The minimum atomic E-state index is -1.30. The topological polar surface area (TPSA) is 99.0 Å². The Morgan fingerprint density at radius 2 is 1.73 bits per heavy atom. The third-order valence-corrected chi connectivity index (χ3v) is 5.44. The quantitative estimate of drug-likeness (QED) is 0.404. The molecule has 8 nitrogen and oxygen atoms in total. The zero-order valence-corrected chi connectivity index (χ0v) is 17.2. The van der Waals surface area contributed by atoms with Crippen molar-refractivity contribution in [2.24, 2.45) is 0 Å². The molecule has 0 spiro atoms. The Hall–Kier alpha value is -3.13. The van der Waals surface area contributed by atoms with Crippen molar-refractivity contribution in [3.05, 3.63) is 80.9 Å². The Morgan fingerprint density at radius 1 is 1.10 bits per heavy atom. The fourth-order valence-corrected chi connectivity index (χ4v) is 4.16. The largest absolute Gasteiger partial charge is 0.464 e. The number of nitro groups is 1. The van der Waals surface area contributed by atoms with Gasteiger partial charge in [0.05, 0.1) is 19.6 Å². The third kappa shape index (κ3) is 3.95. The number of likely N-dealkylation sites (tertiary alicyclic amines) is 1. The molecule has 1 aliphatic heterocycles. The average Bonchev–Trinajstić information content (AvgIpc) is 3.11. The highest BCUT2D eigenvalue weighted by Gasteiger charge is 2.62. The molecule has 1 aliphatic rings. The van der Waals surface area contributed by atoms with Gasteiger partial charge in [0.15, 0.2) is 0 Å². The van der Waals surface area contributed by atoms with Crippen molar-refractivity contribution in [2.75, 3.05) is 13.7 Å². The SMILES string of the molecule is CCOC(=O)[C@@H]1[C@@H](c2ccccc2)[C@H]([N+](=O)[O-])[C@H](c2ccc(Cl)cc2)N1C(=O)OC. The summed E-state index contributed by atoms with van der Waals surface area (Å²) in [6.07, 6.45) is -0.849. The van der Waals surface area contributed by atoms with Gasteiger partial charge in [-0.05, 0) is 30.2 Å². The molecule has 0 unspecified atom stereocenters. The summed E-state index contributed by atoms with van der Waals surface area (Å²) in [5, 5.41) is 12.7. The standard InChI is InChI=1S/C21H21ClN2O6/c1-3-30-20(25)19-16(13-7-5-4-6-8-13)18(24(27)28)17(23(19)21(26)29-2)14-9-11-15(22)12-10-14/h4-12,16-19H,3H2,1-2H3/t16-,17-,18-,19-/m0/s1. The number of methoxy groups -OCH3 is 1. The summed E-state index contributed by atoms with van der Waals surface area (Å²) < 4.78 is 10.1. The van der Waals surface area contributed by atoms with Crippen LogP contribution in [0.4, 0.5) is 4.79 Å². The van der Waals surface area contributed by atoms with Crippen LogP contribution in [0.2, 0.25) is 5.02 Å². The molecule has 0 aromatic heterocycles. The number of ether oxygens (including phenoxy) is 2. The number of carbonyl (C=O) groups excluding carboxylic acids is 2. The van der Waals surface area contributed by atoms with Gasteiger partial charge >= 0.3 is 12.1 Å². The van der Waals surface area contributed by atoms with Gasteiger partial charge in [0.1, 0.15) is 12.1 Å². The highest BCUT2D eigenvalue weighted by atomic mass is 35.5. The van der Waals surface area contributed by atoms with Crippen molar-refractivity contribution in [3.8, 4) is 0 Å². The first kappa shape index (κ1) is 21.6. The van der Waals surface area contributed by atoms with Gasteiger partial charge < -0.3 is 9.47 Å². The Kier molecular flexibility index (Phi) is 6.56. The van der Waals surface area contributed by atoms with E-state index in [1.54, 1.807) is 61.5 Å². The van der Waals surface area contributed by atoms with Crippen molar-refractivity contribution in [3.63, 3.8) is 0 Å². The Bertz CT molecular complexity index is 921. The summed E-state index contributed by atoms with van der Waals surface area (Å²) in [4.78, 5) is 38.7. The van der Waals surface area contributed by atoms with Crippen LogP contribution < -0.4 is 0 Å². The number of halogens is 1. The molecule has 2 aromatic rings. The number of hydrogen-bond acceptors (Lipinski definition) is 6. The molecule has 0 radical (unpaired) electrons. The number of carbonyl (C=O) groups is 2. The molecular weight excluding hydrogens is 412 g/mol. The number of hydrogen-bond donors (Lipinski definition) is 0. The van der Waals surface area contributed by atoms with Crippen LogP contribution >= 0.6 is 11.6 Å². The van der Waals surface area contributed by atoms with Gasteiger partial charge in [0.2, 0.25) is 6.04 Å². The second kappa shape index (κ2) is 9.13. The highest BCUT2D eigenvalue weighted by molar-refractivity contribution is 6.30. The molecule has 1 fully saturated rings. The molecule has 4 atom stereocenters. The number of nitrogens with zero attached hydrogens (tertiary/aromatic N) is 2. The third-order valence-electron chi connectivity index (χ3n) is 5.18. The molecular formula is C21H21ClN2O6. The predicted molar refractivity (Wildman–Crippen MR) is 109 cm³/mol. The lowest BCUT2D eigenvalue weighted by molar-refractivity contribution is -0.528. The lowest BCUT2D eigenvalue weighted by atomic mass is 9.85. The maximum absolute atomic E-state index is 12.9. The van der Waals surface area contributed by atoms with E-state index >= 15 is 0 Å². The van der Waals surface area contributed by atoms with E-state index in [2.05, 4.69) is 0 Å². The van der Waals surface area contributed by atoms with Crippen molar-refractivity contribution < 1.29 is 24.0 Å². The summed E-state index contributed by atoms with van der Waals surface area (Å²) in [6, 6.07) is 11.4. The van der Waals surface area contributed by atoms with E-state index in [1.807, 2.05) is 0 Å². The summed E-state index contributed by atoms with van der Waals surface area (Å²) in [5.41, 5.74) is 1.03. The van der Waals surface area contributed by atoms with Crippen molar-refractivity contribution >= 4 is 23.7 Å². The molecule has 0 saturated carbocycles. The molecule has 1 amide bonds. The first-order chi connectivity index (χ1) is 14.4. The van der Waals surface area contributed by atoms with Gasteiger partial charge in [-0.25, -0.2) is 9.59 Å². The molecule has 1 saturated heterocycles. The summed E-state index contributed by atoms with van der Waals surface area (Å²) in [6.45, 7) is 1.70. The maximum atomic E-state index is 12.9. The fourth-order valence-electron chi connectivity index (χ4n) is 4.03. The van der Waals surface area contributed by atoms with Crippen LogP contribution in [0.25, 0.3) is 0 Å². The second-order valence-corrected chi connectivity index (χ2v) is 7.22. The van der Waals surface area contributed by atoms with E-state index in [-0.39, 0.29) is 6.61 Å². The molecule has 9 heteroatoms. The summed E-state index contributed by atoms with van der Waals surface area (Å²) in [7, 11) is 1.17. The van der Waals surface area contributed by atoms with Gasteiger partial charge in [0, 0.05) is 9.95 Å². The van der Waals surface area contributed by atoms with E-state index in [9.17, 15) is 19.7 Å². The highest BCUT2D eigenvalue weighted by Crippen LogP contribution is 2.47. The second-order valence-electron chi connectivity index (χ2n) is 6.78. The van der Waals surface area contributed by atoms with Gasteiger partial charge in [-0.1, -0.05) is 54.1 Å². The summed E-state index contributed by atoms with van der Waals surface area (Å²) in [5.74, 6) is -1.65. The van der Waals surface area contributed by atoms with Crippen molar-refractivity contribution in [1.82, 2.24) is 4.90 Å². The first-order valence-corrected chi connectivity index (χ1v) is 9.75. The molecule has 0 bridgehead atoms. The Labute approximate surface area is 178 Å². The normalized spacial score (nSPS) is 23.1. The zero-order chi connectivity index (χ0) is 21.8. The van der Waals surface area contributed by atoms with Crippen LogP contribution in [0.3, 0.4) is 0 Å². The van der Waals surface area contributed by atoms with Gasteiger partial charge in [-0.2, -0.15) is 0 Å². The maximum Gasteiger partial charge on any atom is 0.411 e. The number of benzene rings is 2. The van der Waals surface area contributed by atoms with Crippen LogP contribution in [-0.2, 0) is 14.3 Å². The molecule has 3 rings (SSSR count). The van der Waals surface area contributed by atoms with E-state index < -0.39 is 41.0 Å². The average molecular weight is 433 g/mol. The van der Waals surface area contributed by atoms with Crippen LogP contribution in [0.15, 0.2) is 54.6 Å². The van der Waals surface area contributed by atoms with Crippen molar-refractivity contribution in [2.45, 2.75) is 31.0 Å². The first-order valence-electron chi connectivity index (χ1n) is 9.37. The predicted octanol–water partition coefficient (Wildman–Crippen LogP) is 3.82. The molecule has 158 valence electrons. The molecule has 30 heavy (non-hydrogen) atoms. The number of amides is 1. The smallest absolute Gasteiger partial charge is 0.411 e. The molecule has 0 N–H and O–H groups in total. The Balaban J connectivity index is 2.24. The minimum absolute atomic E-state index is 0.0700. The lowest BCUT2D eigenvalue weighted by Gasteiger charge is -2.28. The monoisotopic (exact) mass is 432 g/mol. The van der Waals surface area contributed by atoms with Gasteiger partial charge in [-0.3, -0.25) is 15.0 Å². The molecule has 1 heterocycles. The van der Waals surface area contributed by atoms with Gasteiger partial charge in [0.25, 0.3) is 0 Å². The van der Waals surface area contributed by atoms with Crippen LogP contribution in [0, 0.1) is 10.1 Å². The molecule has 2 aromatic carbocycles. The fraction of sp³-hybridized carbons (Fsp3) is 0.333. The van der Waals surface area contributed by atoms with Gasteiger partial charge in [-0.15, -0.1) is 0 Å². The number of esters is 1. The minimum Gasteiger partial charge on any atom is -0.464 e. The lowest BCUT2D eigenvalue weighted by Crippen LogP contribution is -2.44. The van der Waals surface area contributed by atoms with E-state index in [4.69, 9.17) is 21.1 Å². The van der Waals surface area contributed by atoms with Crippen LogP contribution in [-0.4, -0.2) is 47.7 Å².